The molecule has 2 aromatic rings. The topological polar surface area (TPSA) is 78.9 Å². The van der Waals surface area contributed by atoms with E-state index in [2.05, 4.69) is 15.1 Å². The number of ether oxygens (including phenoxy) is 1. The van der Waals surface area contributed by atoms with Gasteiger partial charge >= 0.3 is 0 Å². The van der Waals surface area contributed by atoms with E-state index in [1.54, 1.807) is 12.0 Å². The first-order chi connectivity index (χ1) is 16.3. The molecule has 8 nitrogen and oxygen atoms in total. The minimum absolute atomic E-state index is 0.0112. The number of hydrogen-bond acceptors (Lipinski definition) is 6. The molecule has 0 saturated carbocycles. The molecule has 1 fully saturated rings. The van der Waals surface area contributed by atoms with Crippen molar-refractivity contribution in [2.45, 2.75) is 46.6 Å². The summed E-state index contributed by atoms with van der Waals surface area (Å²) in [4.78, 5) is 31.5. The molecule has 8 heteroatoms. The first kappa shape index (κ1) is 25.5. The molecule has 184 valence electrons. The highest BCUT2D eigenvalue weighted by atomic mass is 16.5. The predicted octanol–water partition coefficient (Wildman–Crippen LogP) is 3.47. The van der Waals surface area contributed by atoms with Gasteiger partial charge in [0.15, 0.2) is 5.82 Å². The highest BCUT2D eigenvalue weighted by Crippen LogP contribution is 2.22. The van der Waals surface area contributed by atoms with Crippen molar-refractivity contribution in [1.82, 2.24) is 20.0 Å². The van der Waals surface area contributed by atoms with Gasteiger partial charge in [0.25, 0.3) is 0 Å². The first-order valence-electron chi connectivity index (χ1n) is 12.1. The molecule has 2 amide bonds. The normalized spacial score (nSPS) is 15.1. The van der Waals surface area contributed by atoms with E-state index in [1.165, 1.54) is 0 Å². The Hall–Kier alpha value is -3.16. The quantitative estimate of drug-likeness (QED) is 0.592. The highest BCUT2D eigenvalue weighted by Gasteiger charge is 2.27. The largest absolute Gasteiger partial charge is 0.497 e. The van der Waals surface area contributed by atoms with Crippen molar-refractivity contribution < 1.29 is 14.3 Å². The molecule has 0 N–H and O–H groups in total. The van der Waals surface area contributed by atoms with Gasteiger partial charge in [-0.15, -0.1) is 10.2 Å². The lowest BCUT2D eigenvalue weighted by Gasteiger charge is -2.32. The molecule has 0 radical (unpaired) electrons. The van der Waals surface area contributed by atoms with Gasteiger partial charge in [-0.1, -0.05) is 20.8 Å². The zero-order chi connectivity index (χ0) is 24.7. The lowest BCUT2D eigenvalue weighted by atomic mass is 10.1. The minimum Gasteiger partial charge on any atom is -0.497 e. The highest BCUT2D eigenvalue weighted by molar-refractivity contribution is 5.86. The fourth-order valence-corrected chi connectivity index (χ4v) is 4.05. The summed E-state index contributed by atoms with van der Waals surface area (Å²) in [5.41, 5.74) is 1.78. The number of rotatable bonds is 8. The summed E-state index contributed by atoms with van der Waals surface area (Å²) in [6.45, 7) is 10.7. The van der Waals surface area contributed by atoms with E-state index in [4.69, 9.17) is 4.74 Å². The number of benzene rings is 1. The Bertz CT molecular complexity index is 946. The van der Waals surface area contributed by atoms with E-state index < -0.39 is 0 Å². The van der Waals surface area contributed by atoms with Crippen LogP contribution in [0.1, 0.15) is 40.5 Å². The van der Waals surface area contributed by atoms with Crippen molar-refractivity contribution in [3.63, 3.8) is 0 Å². The molecule has 0 spiro atoms. The number of aromatic nitrogens is 2. The average Bonchev–Trinajstić information content (AvgIpc) is 3.13. The van der Waals surface area contributed by atoms with E-state index in [-0.39, 0.29) is 30.3 Å². The third-order valence-corrected chi connectivity index (χ3v) is 6.41. The third kappa shape index (κ3) is 6.24. The van der Waals surface area contributed by atoms with Gasteiger partial charge in [-0.05, 0) is 56.2 Å². The lowest BCUT2D eigenvalue weighted by Crippen LogP contribution is -2.48. The number of hydrogen-bond donors (Lipinski definition) is 0. The SMILES string of the molecule is CCC(C)N(CC(=O)N1CCCN(c2ccc(-c3ccc(OC)cc3)nn2)CC1)C(=O)C(C)C. The van der Waals surface area contributed by atoms with Crippen LogP contribution in [0.4, 0.5) is 5.82 Å². The molecular formula is C26H37N5O3. The second kappa shape index (κ2) is 11.8. The fraction of sp³-hybridized carbons (Fsp3) is 0.538. The monoisotopic (exact) mass is 467 g/mol. The molecule has 34 heavy (non-hydrogen) atoms. The van der Waals surface area contributed by atoms with Crippen LogP contribution in [0.2, 0.25) is 0 Å². The van der Waals surface area contributed by atoms with Crippen LogP contribution >= 0.6 is 0 Å². The molecule has 1 unspecified atom stereocenters. The molecule has 1 aromatic heterocycles. The zero-order valence-corrected chi connectivity index (χ0v) is 21.0. The summed E-state index contributed by atoms with van der Waals surface area (Å²) >= 11 is 0. The standard InChI is InChI=1S/C26H37N5O3/c1-6-20(4)31(26(33)19(2)3)18-25(32)30-15-7-14-29(16-17-30)24-13-12-23(27-28-24)21-8-10-22(34-5)11-9-21/h8-13,19-20H,6-7,14-18H2,1-5H3. The number of amides is 2. The van der Waals surface area contributed by atoms with Gasteiger partial charge in [0.1, 0.15) is 5.75 Å². The zero-order valence-electron chi connectivity index (χ0n) is 21.0. The number of carbonyl (C=O) groups is 2. The average molecular weight is 468 g/mol. The number of carbonyl (C=O) groups excluding carboxylic acids is 2. The van der Waals surface area contributed by atoms with Crippen molar-refractivity contribution >= 4 is 17.6 Å². The van der Waals surface area contributed by atoms with Crippen LogP contribution in [0, 0.1) is 5.92 Å². The first-order valence-corrected chi connectivity index (χ1v) is 12.1. The van der Waals surface area contributed by atoms with E-state index in [1.807, 2.05) is 69.0 Å². The molecule has 2 heterocycles. The Labute approximate surface area is 202 Å². The predicted molar refractivity (Wildman–Crippen MR) is 134 cm³/mol. The van der Waals surface area contributed by atoms with Crippen molar-refractivity contribution in [1.29, 1.82) is 0 Å². The smallest absolute Gasteiger partial charge is 0.242 e. The molecular weight excluding hydrogens is 430 g/mol. The summed E-state index contributed by atoms with van der Waals surface area (Å²) in [6.07, 6.45) is 1.67. The fourth-order valence-electron chi connectivity index (χ4n) is 4.05. The Morgan fingerprint density at radius 2 is 1.74 bits per heavy atom. The summed E-state index contributed by atoms with van der Waals surface area (Å²) in [5, 5.41) is 8.86. The van der Waals surface area contributed by atoms with Crippen LogP contribution < -0.4 is 9.64 Å². The number of methoxy groups -OCH3 is 1. The van der Waals surface area contributed by atoms with Crippen molar-refractivity contribution in [2.24, 2.45) is 5.92 Å². The van der Waals surface area contributed by atoms with Crippen molar-refractivity contribution in [3.8, 4) is 17.0 Å². The summed E-state index contributed by atoms with van der Waals surface area (Å²) < 4.78 is 5.21. The molecule has 1 aliphatic heterocycles. The number of nitrogens with zero attached hydrogens (tertiary/aromatic N) is 5. The van der Waals surface area contributed by atoms with Crippen LogP contribution in [-0.4, -0.2) is 77.7 Å². The summed E-state index contributed by atoms with van der Waals surface area (Å²) in [6, 6.07) is 11.7. The molecule has 1 saturated heterocycles. The van der Waals surface area contributed by atoms with E-state index >= 15 is 0 Å². The van der Waals surface area contributed by atoms with Gasteiger partial charge < -0.3 is 19.4 Å². The molecule has 0 aliphatic carbocycles. The van der Waals surface area contributed by atoms with Gasteiger partial charge in [0.2, 0.25) is 11.8 Å². The van der Waals surface area contributed by atoms with Crippen LogP contribution in [-0.2, 0) is 9.59 Å². The van der Waals surface area contributed by atoms with Gasteiger partial charge in [-0.3, -0.25) is 9.59 Å². The molecule has 3 rings (SSSR count). The number of anilines is 1. The molecule has 1 atom stereocenters. The Kier molecular flexibility index (Phi) is 8.85. The van der Waals surface area contributed by atoms with Crippen LogP contribution in [0.3, 0.4) is 0 Å². The maximum absolute atomic E-state index is 13.1. The van der Waals surface area contributed by atoms with E-state index in [9.17, 15) is 9.59 Å². The molecule has 0 bridgehead atoms. The Balaban J connectivity index is 1.61. The second-order valence-corrected chi connectivity index (χ2v) is 9.10. The van der Waals surface area contributed by atoms with E-state index in [0.717, 1.165) is 42.2 Å². The van der Waals surface area contributed by atoms with Crippen LogP contribution in [0.25, 0.3) is 11.3 Å². The maximum Gasteiger partial charge on any atom is 0.242 e. The minimum atomic E-state index is -0.124. The molecule has 1 aliphatic rings. The molecule has 1 aromatic carbocycles. The van der Waals surface area contributed by atoms with Gasteiger partial charge in [0.05, 0.1) is 19.3 Å². The summed E-state index contributed by atoms with van der Waals surface area (Å²) in [7, 11) is 1.65. The second-order valence-electron chi connectivity index (χ2n) is 9.10. The van der Waals surface area contributed by atoms with Gasteiger partial charge in [-0.2, -0.15) is 0 Å². The van der Waals surface area contributed by atoms with Gasteiger partial charge in [-0.25, -0.2) is 0 Å². The Morgan fingerprint density at radius 3 is 2.32 bits per heavy atom. The van der Waals surface area contributed by atoms with Crippen LogP contribution in [0.15, 0.2) is 36.4 Å². The lowest BCUT2D eigenvalue weighted by molar-refractivity contribution is -0.144. The van der Waals surface area contributed by atoms with E-state index in [0.29, 0.717) is 19.6 Å². The summed E-state index contributed by atoms with van der Waals surface area (Å²) in [5.74, 6) is 1.53. The van der Waals surface area contributed by atoms with Crippen molar-refractivity contribution in [3.05, 3.63) is 36.4 Å². The van der Waals surface area contributed by atoms with Gasteiger partial charge in [0, 0.05) is 43.7 Å². The van der Waals surface area contributed by atoms with Crippen molar-refractivity contribution in [2.75, 3.05) is 44.7 Å². The maximum atomic E-state index is 13.1. The third-order valence-electron chi connectivity index (χ3n) is 6.41. The van der Waals surface area contributed by atoms with Crippen LogP contribution in [0.5, 0.6) is 5.75 Å². The Morgan fingerprint density at radius 1 is 1.00 bits per heavy atom.